The predicted molar refractivity (Wildman–Crippen MR) is 98.0 cm³/mol. The summed E-state index contributed by atoms with van der Waals surface area (Å²) < 4.78 is 24.6. The average Bonchev–Trinajstić information content (AvgIpc) is 2.59. The SMILES string of the molecule is CN=C(NCCS(=O)(=O)c1ccccc1)N1CCCC(CC(N)=O)C1. The first-order chi connectivity index (χ1) is 11.9. The smallest absolute Gasteiger partial charge is 0.217 e. The summed E-state index contributed by atoms with van der Waals surface area (Å²) in [5, 5.41) is 3.12. The van der Waals surface area contributed by atoms with Crippen LogP contribution in [0.15, 0.2) is 40.2 Å². The van der Waals surface area contributed by atoms with E-state index in [2.05, 4.69) is 15.2 Å². The van der Waals surface area contributed by atoms with Crippen LogP contribution >= 0.6 is 0 Å². The highest BCUT2D eigenvalue weighted by molar-refractivity contribution is 7.91. The molecule has 1 aromatic rings. The van der Waals surface area contributed by atoms with E-state index in [0.717, 1.165) is 19.4 Å². The Morgan fingerprint density at radius 2 is 2.08 bits per heavy atom. The molecule has 25 heavy (non-hydrogen) atoms. The number of amides is 1. The van der Waals surface area contributed by atoms with Gasteiger partial charge in [0.15, 0.2) is 15.8 Å². The van der Waals surface area contributed by atoms with E-state index in [1.54, 1.807) is 37.4 Å². The van der Waals surface area contributed by atoms with Crippen molar-refractivity contribution < 1.29 is 13.2 Å². The Hall–Kier alpha value is -2.09. The van der Waals surface area contributed by atoms with Crippen LogP contribution in [0.2, 0.25) is 0 Å². The minimum Gasteiger partial charge on any atom is -0.370 e. The van der Waals surface area contributed by atoms with Crippen LogP contribution in [-0.2, 0) is 14.6 Å². The number of rotatable bonds is 6. The van der Waals surface area contributed by atoms with Crippen molar-refractivity contribution in [3.8, 4) is 0 Å². The van der Waals surface area contributed by atoms with Crippen molar-refractivity contribution in [1.29, 1.82) is 0 Å². The third-order valence-corrected chi connectivity index (χ3v) is 6.01. The van der Waals surface area contributed by atoms with Crippen molar-refractivity contribution in [3.63, 3.8) is 0 Å². The van der Waals surface area contributed by atoms with Crippen molar-refractivity contribution in [2.24, 2.45) is 16.6 Å². The molecule has 8 heteroatoms. The zero-order valence-corrected chi connectivity index (χ0v) is 15.3. The number of carbonyl (C=O) groups is 1. The van der Waals surface area contributed by atoms with E-state index in [-0.39, 0.29) is 24.1 Å². The number of piperidine rings is 1. The molecule has 3 N–H and O–H groups in total. The molecule has 7 nitrogen and oxygen atoms in total. The number of carbonyl (C=O) groups excluding carboxylic acids is 1. The summed E-state index contributed by atoms with van der Waals surface area (Å²) in [7, 11) is -1.65. The Kier molecular flexibility index (Phi) is 6.81. The van der Waals surface area contributed by atoms with E-state index < -0.39 is 9.84 Å². The monoisotopic (exact) mass is 366 g/mol. The molecule has 1 heterocycles. The Morgan fingerprint density at radius 3 is 2.72 bits per heavy atom. The molecule has 1 atom stereocenters. The Balaban J connectivity index is 1.89. The molecule has 0 aromatic heterocycles. The molecule has 1 saturated heterocycles. The number of guanidine groups is 1. The summed E-state index contributed by atoms with van der Waals surface area (Å²) in [5.74, 6) is 0.591. The molecule has 1 aliphatic heterocycles. The summed E-state index contributed by atoms with van der Waals surface area (Å²) in [6, 6.07) is 8.42. The van der Waals surface area contributed by atoms with Crippen LogP contribution in [0.1, 0.15) is 19.3 Å². The van der Waals surface area contributed by atoms with E-state index in [4.69, 9.17) is 5.73 Å². The maximum atomic E-state index is 12.3. The Labute approximate surface area is 149 Å². The molecule has 138 valence electrons. The second-order valence-corrected chi connectivity index (χ2v) is 8.34. The number of nitrogens with one attached hydrogen (secondary N) is 1. The lowest BCUT2D eigenvalue weighted by atomic mass is 9.95. The van der Waals surface area contributed by atoms with Crippen molar-refractivity contribution in [2.45, 2.75) is 24.2 Å². The summed E-state index contributed by atoms with van der Waals surface area (Å²) in [6.07, 6.45) is 2.30. The van der Waals surface area contributed by atoms with Crippen molar-refractivity contribution >= 4 is 21.7 Å². The van der Waals surface area contributed by atoms with Crippen LogP contribution in [-0.4, -0.2) is 57.6 Å². The predicted octanol–water partition coefficient (Wildman–Crippen LogP) is 0.623. The number of hydrogen-bond donors (Lipinski definition) is 2. The second kappa shape index (κ2) is 8.84. The molecular formula is C17H26N4O3S. The third kappa shape index (κ3) is 5.74. The average molecular weight is 366 g/mol. The zero-order valence-electron chi connectivity index (χ0n) is 14.5. The first-order valence-corrected chi connectivity index (χ1v) is 10.1. The van der Waals surface area contributed by atoms with E-state index in [9.17, 15) is 13.2 Å². The van der Waals surface area contributed by atoms with Gasteiger partial charge in [-0.3, -0.25) is 9.79 Å². The van der Waals surface area contributed by atoms with Gasteiger partial charge in [0, 0.05) is 33.1 Å². The fourth-order valence-electron chi connectivity index (χ4n) is 3.08. The van der Waals surface area contributed by atoms with E-state index >= 15 is 0 Å². The van der Waals surface area contributed by atoms with Gasteiger partial charge in [-0.05, 0) is 30.9 Å². The lowest BCUT2D eigenvalue weighted by molar-refractivity contribution is -0.119. The van der Waals surface area contributed by atoms with E-state index in [1.807, 2.05) is 0 Å². The van der Waals surface area contributed by atoms with Gasteiger partial charge in [-0.2, -0.15) is 0 Å². The molecule has 1 fully saturated rings. The number of likely N-dealkylation sites (tertiary alicyclic amines) is 1. The molecule has 1 amide bonds. The normalized spacial score (nSPS) is 18.8. The van der Waals surface area contributed by atoms with Gasteiger partial charge >= 0.3 is 0 Å². The van der Waals surface area contributed by atoms with Gasteiger partial charge < -0.3 is 16.0 Å². The van der Waals surface area contributed by atoms with Gasteiger partial charge in [0.1, 0.15) is 0 Å². The maximum Gasteiger partial charge on any atom is 0.217 e. The maximum absolute atomic E-state index is 12.3. The molecular weight excluding hydrogens is 340 g/mol. The number of hydrogen-bond acceptors (Lipinski definition) is 4. The number of benzene rings is 1. The molecule has 0 aliphatic carbocycles. The lowest BCUT2D eigenvalue weighted by Crippen LogP contribution is -2.48. The van der Waals surface area contributed by atoms with Gasteiger partial charge in [0.2, 0.25) is 5.91 Å². The summed E-state index contributed by atoms with van der Waals surface area (Å²) in [4.78, 5) is 17.7. The molecule has 0 saturated carbocycles. The quantitative estimate of drug-likeness (QED) is 0.567. The first kappa shape index (κ1) is 19.2. The number of aliphatic imine (C=N–C) groups is 1. The molecule has 1 aromatic carbocycles. The number of primary amides is 1. The molecule has 1 aliphatic rings. The second-order valence-electron chi connectivity index (χ2n) is 6.23. The highest BCUT2D eigenvalue weighted by Crippen LogP contribution is 2.19. The van der Waals surface area contributed by atoms with Crippen LogP contribution in [0.4, 0.5) is 0 Å². The topological polar surface area (TPSA) is 105 Å². The van der Waals surface area contributed by atoms with Crippen LogP contribution in [0, 0.1) is 5.92 Å². The van der Waals surface area contributed by atoms with Gasteiger partial charge in [-0.15, -0.1) is 0 Å². The minimum atomic E-state index is -3.32. The fraction of sp³-hybridized carbons (Fsp3) is 0.529. The largest absolute Gasteiger partial charge is 0.370 e. The Morgan fingerprint density at radius 1 is 1.36 bits per heavy atom. The summed E-state index contributed by atoms with van der Waals surface area (Å²) >= 11 is 0. The lowest BCUT2D eigenvalue weighted by Gasteiger charge is -2.34. The summed E-state index contributed by atoms with van der Waals surface area (Å²) in [6.45, 7) is 1.81. The van der Waals surface area contributed by atoms with Crippen molar-refractivity contribution in [3.05, 3.63) is 30.3 Å². The van der Waals surface area contributed by atoms with Crippen LogP contribution in [0.3, 0.4) is 0 Å². The molecule has 0 spiro atoms. The van der Waals surface area contributed by atoms with Gasteiger partial charge in [-0.1, -0.05) is 18.2 Å². The van der Waals surface area contributed by atoms with Crippen molar-refractivity contribution in [1.82, 2.24) is 10.2 Å². The standard InChI is InChI=1S/C17H26N4O3S/c1-19-17(21-10-5-6-14(13-21)12-16(18)22)20-9-11-25(23,24)15-7-3-2-4-8-15/h2-4,7-8,14H,5-6,9-13H2,1H3,(H2,18,22)(H,19,20). The van der Waals surface area contributed by atoms with Gasteiger partial charge in [0.05, 0.1) is 10.6 Å². The molecule has 2 rings (SSSR count). The van der Waals surface area contributed by atoms with Gasteiger partial charge in [-0.25, -0.2) is 8.42 Å². The highest BCUT2D eigenvalue weighted by atomic mass is 32.2. The first-order valence-electron chi connectivity index (χ1n) is 8.44. The van der Waals surface area contributed by atoms with Crippen LogP contribution < -0.4 is 11.1 Å². The number of nitrogens with zero attached hydrogens (tertiary/aromatic N) is 2. The van der Waals surface area contributed by atoms with E-state index in [0.29, 0.717) is 23.8 Å². The number of nitrogens with two attached hydrogens (primary N) is 1. The summed E-state index contributed by atoms with van der Waals surface area (Å²) in [5.41, 5.74) is 5.29. The van der Waals surface area contributed by atoms with Crippen molar-refractivity contribution in [2.75, 3.05) is 32.4 Å². The third-order valence-electron chi connectivity index (χ3n) is 4.28. The van der Waals surface area contributed by atoms with Gasteiger partial charge in [0.25, 0.3) is 0 Å². The van der Waals surface area contributed by atoms with Crippen LogP contribution in [0.25, 0.3) is 0 Å². The van der Waals surface area contributed by atoms with Crippen LogP contribution in [0.5, 0.6) is 0 Å². The fourth-order valence-corrected chi connectivity index (χ4v) is 4.26. The number of sulfone groups is 1. The minimum absolute atomic E-state index is 0.00537. The highest BCUT2D eigenvalue weighted by Gasteiger charge is 2.23. The Bertz CT molecular complexity index is 704. The molecule has 1 unspecified atom stereocenters. The molecule has 0 bridgehead atoms. The molecule has 0 radical (unpaired) electrons. The zero-order chi connectivity index (χ0) is 18.3. The van der Waals surface area contributed by atoms with E-state index in [1.165, 1.54) is 0 Å².